The summed E-state index contributed by atoms with van der Waals surface area (Å²) in [6, 6.07) is 5.23. The molecule has 8 heteroatoms. The zero-order valence-electron chi connectivity index (χ0n) is 11.2. The predicted molar refractivity (Wildman–Crippen MR) is 71.6 cm³/mol. The highest BCUT2D eigenvalue weighted by Crippen LogP contribution is 2.42. The molecule has 0 saturated heterocycles. The molecule has 0 bridgehead atoms. The smallest absolute Gasteiger partial charge is 0.265 e. The third-order valence-corrected chi connectivity index (χ3v) is 3.69. The van der Waals surface area contributed by atoms with Gasteiger partial charge in [0, 0.05) is 5.57 Å². The van der Waals surface area contributed by atoms with Gasteiger partial charge in [0.2, 0.25) is 0 Å². The zero-order chi connectivity index (χ0) is 15.2. The van der Waals surface area contributed by atoms with Crippen molar-refractivity contribution in [1.82, 2.24) is 14.6 Å². The maximum atomic E-state index is 10.4. The molecule has 3 rings (SSSR count). The molecule has 2 aromatic rings. The number of aliphatic hydroxyl groups is 2. The van der Waals surface area contributed by atoms with Crippen LogP contribution in [0.3, 0.4) is 0 Å². The van der Waals surface area contributed by atoms with E-state index in [9.17, 15) is 15.5 Å². The Balaban J connectivity index is 2.22. The molecule has 0 aliphatic carbocycles. The minimum atomic E-state index is -1.67. The van der Waals surface area contributed by atoms with E-state index in [1.807, 2.05) is 6.07 Å². The molecule has 1 aliphatic rings. The second-order valence-corrected chi connectivity index (χ2v) is 4.78. The van der Waals surface area contributed by atoms with E-state index in [0.717, 1.165) is 0 Å². The van der Waals surface area contributed by atoms with E-state index in [1.54, 1.807) is 19.1 Å². The summed E-state index contributed by atoms with van der Waals surface area (Å²) in [6.45, 7) is 1.21. The molecule has 108 valence electrons. The summed E-state index contributed by atoms with van der Waals surface area (Å²) < 4.78 is 6.97. The topological polar surface area (TPSA) is 130 Å². The van der Waals surface area contributed by atoms with Gasteiger partial charge in [-0.3, -0.25) is 0 Å². The van der Waals surface area contributed by atoms with Crippen LogP contribution in [0.25, 0.3) is 5.52 Å². The van der Waals surface area contributed by atoms with Crippen LogP contribution in [0.15, 0.2) is 29.8 Å². The standard InChI is InChI=1S/C13H13N5O3/c1-7-9(4-19)21-13(5-14,11(7)20)10-3-2-8-12(15)16-6-17-18(8)10/h2-3,6,11,19-20H,4H2,1H3,(H2,15,16,17). The Morgan fingerprint density at radius 1 is 1.57 bits per heavy atom. The molecule has 2 unspecified atom stereocenters. The second kappa shape index (κ2) is 4.44. The van der Waals surface area contributed by atoms with Gasteiger partial charge in [-0.25, -0.2) is 9.50 Å². The van der Waals surface area contributed by atoms with E-state index in [4.69, 9.17) is 10.5 Å². The van der Waals surface area contributed by atoms with Crippen molar-refractivity contribution < 1.29 is 14.9 Å². The first kappa shape index (κ1) is 13.4. The predicted octanol–water partition coefficient (Wildman–Crippen LogP) is -0.312. The molecule has 1 aliphatic heterocycles. The van der Waals surface area contributed by atoms with Crippen molar-refractivity contribution in [3.8, 4) is 6.07 Å². The summed E-state index contributed by atoms with van der Waals surface area (Å²) in [6.07, 6.45) is 0.0461. The number of aliphatic hydroxyl groups excluding tert-OH is 2. The number of nitrogens with two attached hydrogens (primary N) is 1. The van der Waals surface area contributed by atoms with Gasteiger partial charge < -0.3 is 20.7 Å². The number of anilines is 1. The van der Waals surface area contributed by atoms with Gasteiger partial charge in [0.05, 0.1) is 0 Å². The first-order valence-corrected chi connectivity index (χ1v) is 6.22. The Bertz CT molecular complexity index is 791. The molecular formula is C13H13N5O3. The molecule has 0 fully saturated rings. The van der Waals surface area contributed by atoms with E-state index in [2.05, 4.69) is 10.1 Å². The normalized spacial score (nSPS) is 25.1. The maximum absolute atomic E-state index is 10.4. The summed E-state index contributed by atoms with van der Waals surface area (Å²) in [5.74, 6) is 0.435. The molecule has 0 aromatic carbocycles. The summed E-state index contributed by atoms with van der Waals surface area (Å²) in [4.78, 5) is 3.87. The van der Waals surface area contributed by atoms with Gasteiger partial charge in [-0.2, -0.15) is 10.4 Å². The van der Waals surface area contributed by atoms with Crippen LogP contribution in [-0.4, -0.2) is 37.5 Å². The van der Waals surface area contributed by atoms with Crippen molar-refractivity contribution in [1.29, 1.82) is 5.26 Å². The van der Waals surface area contributed by atoms with Crippen LogP contribution in [0.5, 0.6) is 0 Å². The number of nitrogen functional groups attached to an aromatic ring is 1. The van der Waals surface area contributed by atoms with Gasteiger partial charge in [0.25, 0.3) is 5.60 Å². The van der Waals surface area contributed by atoms with Gasteiger partial charge >= 0.3 is 0 Å². The largest absolute Gasteiger partial charge is 0.465 e. The number of hydrogen-bond acceptors (Lipinski definition) is 7. The Morgan fingerprint density at radius 3 is 2.95 bits per heavy atom. The van der Waals surface area contributed by atoms with Crippen molar-refractivity contribution in [3.05, 3.63) is 35.5 Å². The van der Waals surface area contributed by atoms with Crippen LogP contribution in [0, 0.1) is 11.3 Å². The number of fused-ring (bicyclic) bond motifs is 1. The molecule has 0 amide bonds. The Kier molecular flexibility index (Phi) is 2.83. The Labute approximate surface area is 119 Å². The van der Waals surface area contributed by atoms with Crippen molar-refractivity contribution in [2.45, 2.75) is 18.6 Å². The summed E-state index contributed by atoms with van der Waals surface area (Å²) in [5, 5.41) is 33.3. The lowest BCUT2D eigenvalue weighted by Gasteiger charge is -2.25. The van der Waals surface area contributed by atoms with Gasteiger partial charge in [0.1, 0.15) is 42.1 Å². The number of rotatable bonds is 2. The van der Waals surface area contributed by atoms with Crippen molar-refractivity contribution in [2.24, 2.45) is 0 Å². The van der Waals surface area contributed by atoms with Gasteiger partial charge in [0.15, 0.2) is 5.82 Å². The molecule has 0 spiro atoms. The van der Waals surface area contributed by atoms with Gasteiger partial charge in [-0.15, -0.1) is 0 Å². The van der Waals surface area contributed by atoms with Gasteiger partial charge in [-0.05, 0) is 19.1 Å². The van der Waals surface area contributed by atoms with E-state index in [0.29, 0.717) is 16.8 Å². The molecule has 0 saturated carbocycles. The van der Waals surface area contributed by atoms with Gasteiger partial charge in [-0.1, -0.05) is 0 Å². The average Bonchev–Trinajstić information content (AvgIpc) is 3.03. The zero-order valence-corrected chi connectivity index (χ0v) is 11.2. The lowest BCUT2D eigenvalue weighted by atomic mass is 9.92. The highest BCUT2D eigenvalue weighted by Gasteiger charge is 2.52. The van der Waals surface area contributed by atoms with Crippen molar-refractivity contribution in [3.63, 3.8) is 0 Å². The molecule has 8 nitrogen and oxygen atoms in total. The minimum absolute atomic E-state index is 0.182. The fourth-order valence-corrected chi connectivity index (χ4v) is 2.51. The SMILES string of the molecule is CC1=C(CO)OC(C#N)(c2ccc3c(N)ncnn23)C1O. The van der Waals surface area contributed by atoms with E-state index < -0.39 is 18.3 Å². The number of ether oxygens (including phenoxy) is 1. The minimum Gasteiger partial charge on any atom is -0.465 e. The van der Waals surface area contributed by atoms with Crippen LogP contribution in [-0.2, 0) is 10.3 Å². The molecule has 3 heterocycles. The number of hydrogen-bond donors (Lipinski definition) is 3. The molecule has 2 atom stereocenters. The summed E-state index contributed by atoms with van der Waals surface area (Å²) >= 11 is 0. The quantitative estimate of drug-likeness (QED) is 0.690. The van der Waals surface area contributed by atoms with Crippen molar-refractivity contribution >= 4 is 11.3 Å². The fourth-order valence-electron chi connectivity index (χ4n) is 2.51. The third kappa shape index (κ3) is 1.62. The first-order chi connectivity index (χ1) is 10.0. The van der Waals surface area contributed by atoms with Crippen LogP contribution in [0.2, 0.25) is 0 Å². The Morgan fingerprint density at radius 2 is 2.33 bits per heavy atom. The van der Waals surface area contributed by atoms with Crippen LogP contribution < -0.4 is 5.73 Å². The highest BCUT2D eigenvalue weighted by atomic mass is 16.5. The lowest BCUT2D eigenvalue weighted by Crippen LogP contribution is -2.38. The van der Waals surface area contributed by atoms with Crippen molar-refractivity contribution in [2.75, 3.05) is 12.3 Å². The third-order valence-electron chi connectivity index (χ3n) is 3.69. The monoisotopic (exact) mass is 287 g/mol. The Hall–Kier alpha value is -2.63. The number of nitrogens with zero attached hydrogens (tertiary/aromatic N) is 4. The second-order valence-electron chi connectivity index (χ2n) is 4.78. The first-order valence-electron chi connectivity index (χ1n) is 6.22. The van der Waals surface area contributed by atoms with Crippen LogP contribution >= 0.6 is 0 Å². The summed E-state index contributed by atoms with van der Waals surface area (Å²) in [5.41, 5.74) is 5.33. The molecule has 0 radical (unpaired) electrons. The van der Waals surface area contributed by atoms with E-state index in [1.165, 1.54) is 10.8 Å². The van der Waals surface area contributed by atoms with Crippen LogP contribution in [0.1, 0.15) is 12.6 Å². The van der Waals surface area contributed by atoms with Crippen LogP contribution in [0.4, 0.5) is 5.82 Å². The number of aromatic nitrogens is 3. The molecule has 21 heavy (non-hydrogen) atoms. The molecular weight excluding hydrogens is 274 g/mol. The molecule has 2 aromatic heterocycles. The average molecular weight is 287 g/mol. The molecule has 4 N–H and O–H groups in total. The number of nitriles is 1. The summed E-state index contributed by atoms with van der Waals surface area (Å²) in [7, 11) is 0. The lowest BCUT2D eigenvalue weighted by molar-refractivity contribution is -0.0218. The van der Waals surface area contributed by atoms with E-state index in [-0.39, 0.29) is 11.6 Å². The highest BCUT2D eigenvalue weighted by molar-refractivity contribution is 5.66. The fraction of sp³-hybridized carbons (Fsp3) is 0.308. The van der Waals surface area contributed by atoms with E-state index >= 15 is 0 Å². The maximum Gasteiger partial charge on any atom is 0.265 e.